The molecule has 3 aliphatic rings. The van der Waals surface area contributed by atoms with Crippen LogP contribution in [-0.4, -0.2) is 10.9 Å². The maximum atomic E-state index is 9.19. The van der Waals surface area contributed by atoms with Crippen molar-refractivity contribution in [3.05, 3.63) is 0 Å². The van der Waals surface area contributed by atoms with Crippen LogP contribution in [0.3, 0.4) is 0 Å². The van der Waals surface area contributed by atoms with Crippen molar-refractivity contribution in [3.8, 4) is 0 Å². The predicted molar refractivity (Wildman–Crippen MR) is 55.6 cm³/mol. The lowest BCUT2D eigenvalue weighted by Gasteiger charge is -2.41. The molecule has 3 aliphatic carbocycles. The molecule has 0 aromatic heterocycles. The maximum absolute atomic E-state index is 9.19. The van der Waals surface area contributed by atoms with Crippen molar-refractivity contribution in [1.29, 1.82) is 0 Å². The van der Waals surface area contributed by atoms with Gasteiger partial charge in [-0.15, -0.1) is 0 Å². The first-order valence-corrected chi connectivity index (χ1v) is 6.09. The highest BCUT2D eigenvalue weighted by molar-refractivity contribution is 5.95. The van der Waals surface area contributed by atoms with E-state index in [4.69, 9.17) is 0 Å². The Balaban J connectivity index is 1.96. The van der Waals surface area contributed by atoms with Gasteiger partial charge < -0.3 is 5.21 Å². The second-order valence-electron chi connectivity index (χ2n) is 5.41. The number of nitrogens with zero attached hydrogens (tertiary/aromatic N) is 1. The fourth-order valence-corrected chi connectivity index (χ4v) is 4.38. The average molecular weight is 193 g/mol. The standard InChI is InChI=1S/C12H19NO/c14-13-11-9-4-5-10(8-9)12(11)6-2-1-3-7-12/h9-10,14H,1-8H2/b13-11-/t9-,10+/m1/s1. The summed E-state index contributed by atoms with van der Waals surface area (Å²) in [5.41, 5.74) is 1.55. The Bertz CT molecular complexity index is 265. The highest BCUT2D eigenvalue weighted by Crippen LogP contribution is 2.59. The Hall–Kier alpha value is -0.530. The van der Waals surface area contributed by atoms with Crippen LogP contribution in [0.25, 0.3) is 0 Å². The fourth-order valence-electron chi connectivity index (χ4n) is 4.38. The minimum atomic E-state index is 0.357. The second-order valence-corrected chi connectivity index (χ2v) is 5.41. The van der Waals surface area contributed by atoms with Crippen LogP contribution in [0.4, 0.5) is 0 Å². The van der Waals surface area contributed by atoms with E-state index in [-0.39, 0.29) is 0 Å². The van der Waals surface area contributed by atoms with E-state index in [0.717, 1.165) is 5.92 Å². The summed E-state index contributed by atoms with van der Waals surface area (Å²) >= 11 is 0. The van der Waals surface area contributed by atoms with Crippen LogP contribution in [0.5, 0.6) is 0 Å². The molecule has 0 saturated heterocycles. The zero-order chi connectivity index (χ0) is 9.60. The van der Waals surface area contributed by atoms with Crippen molar-refractivity contribution in [2.45, 2.75) is 51.4 Å². The fraction of sp³-hybridized carbons (Fsp3) is 0.917. The molecule has 0 heterocycles. The molecule has 2 heteroatoms. The SMILES string of the molecule is O/N=C1/[C@@H]2CC[C@@H](C2)C12CCCCC2. The molecule has 0 radical (unpaired) electrons. The van der Waals surface area contributed by atoms with E-state index in [1.54, 1.807) is 0 Å². The summed E-state index contributed by atoms with van der Waals surface area (Å²) in [5, 5.41) is 12.9. The molecular formula is C12H19NO. The Morgan fingerprint density at radius 3 is 2.64 bits per heavy atom. The summed E-state index contributed by atoms with van der Waals surface area (Å²) < 4.78 is 0. The number of rotatable bonds is 0. The highest BCUT2D eigenvalue weighted by atomic mass is 16.4. The van der Waals surface area contributed by atoms with Crippen LogP contribution in [0.15, 0.2) is 5.16 Å². The smallest absolute Gasteiger partial charge is 0.0666 e. The van der Waals surface area contributed by atoms with E-state index in [9.17, 15) is 5.21 Å². The first-order valence-electron chi connectivity index (χ1n) is 6.09. The first kappa shape index (κ1) is 8.75. The van der Waals surface area contributed by atoms with Crippen molar-refractivity contribution >= 4 is 5.71 Å². The predicted octanol–water partition coefficient (Wildman–Crippen LogP) is 3.20. The molecule has 0 aromatic rings. The monoisotopic (exact) mass is 193 g/mol. The van der Waals surface area contributed by atoms with Gasteiger partial charge in [0.2, 0.25) is 0 Å². The molecule has 1 N–H and O–H groups in total. The van der Waals surface area contributed by atoms with Crippen LogP contribution >= 0.6 is 0 Å². The van der Waals surface area contributed by atoms with Crippen molar-refractivity contribution in [3.63, 3.8) is 0 Å². The van der Waals surface area contributed by atoms with E-state index >= 15 is 0 Å². The summed E-state index contributed by atoms with van der Waals surface area (Å²) in [7, 11) is 0. The van der Waals surface area contributed by atoms with Crippen LogP contribution in [0, 0.1) is 17.3 Å². The minimum absolute atomic E-state index is 0.357. The van der Waals surface area contributed by atoms with Gasteiger partial charge in [0.15, 0.2) is 0 Å². The van der Waals surface area contributed by atoms with E-state index in [1.165, 1.54) is 57.1 Å². The van der Waals surface area contributed by atoms with Gasteiger partial charge in [0, 0.05) is 11.3 Å². The molecule has 0 unspecified atom stereocenters. The molecule has 2 bridgehead atoms. The molecule has 14 heavy (non-hydrogen) atoms. The molecule has 3 saturated carbocycles. The molecule has 0 aliphatic heterocycles. The quantitative estimate of drug-likeness (QED) is 0.465. The van der Waals surface area contributed by atoms with E-state index in [1.807, 2.05) is 0 Å². The van der Waals surface area contributed by atoms with E-state index < -0.39 is 0 Å². The van der Waals surface area contributed by atoms with Crippen LogP contribution in [-0.2, 0) is 0 Å². The van der Waals surface area contributed by atoms with Crippen molar-refractivity contribution in [2.75, 3.05) is 0 Å². The third-order valence-electron chi connectivity index (χ3n) is 4.96. The molecule has 3 fully saturated rings. The van der Waals surface area contributed by atoms with Gasteiger partial charge in [-0.25, -0.2) is 0 Å². The lowest BCUT2D eigenvalue weighted by Crippen LogP contribution is -2.38. The molecule has 2 nitrogen and oxygen atoms in total. The summed E-state index contributed by atoms with van der Waals surface area (Å²) in [4.78, 5) is 0. The van der Waals surface area contributed by atoms with E-state index in [2.05, 4.69) is 5.16 Å². The van der Waals surface area contributed by atoms with Gasteiger partial charge in [-0.1, -0.05) is 24.4 Å². The minimum Gasteiger partial charge on any atom is -0.411 e. The molecule has 3 rings (SSSR count). The first-order chi connectivity index (χ1) is 6.87. The largest absolute Gasteiger partial charge is 0.411 e. The van der Waals surface area contributed by atoms with Gasteiger partial charge in [0.05, 0.1) is 5.71 Å². The van der Waals surface area contributed by atoms with Crippen molar-refractivity contribution in [2.24, 2.45) is 22.4 Å². The van der Waals surface area contributed by atoms with Gasteiger partial charge >= 0.3 is 0 Å². The summed E-state index contributed by atoms with van der Waals surface area (Å²) in [6.45, 7) is 0. The molecule has 0 amide bonds. The summed E-state index contributed by atoms with van der Waals surface area (Å²) in [5.74, 6) is 1.50. The second kappa shape index (κ2) is 2.98. The maximum Gasteiger partial charge on any atom is 0.0666 e. The lowest BCUT2D eigenvalue weighted by molar-refractivity contribution is 0.184. The zero-order valence-electron chi connectivity index (χ0n) is 8.71. The number of oxime groups is 1. The Morgan fingerprint density at radius 1 is 1.14 bits per heavy atom. The molecule has 1 spiro atoms. The number of hydrogen-bond acceptors (Lipinski definition) is 2. The van der Waals surface area contributed by atoms with Crippen molar-refractivity contribution < 1.29 is 5.21 Å². The highest BCUT2D eigenvalue weighted by Gasteiger charge is 2.56. The molecular weight excluding hydrogens is 174 g/mol. The van der Waals surface area contributed by atoms with Crippen molar-refractivity contribution in [1.82, 2.24) is 0 Å². The summed E-state index contributed by atoms with van der Waals surface area (Å²) in [6.07, 6.45) is 10.7. The average Bonchev–Trinajstić information content (AvgIpc) is 2.78. The van der Waals surface area contributed by atoms with Gasteiger partial charge in [-0.05, 0) is 38.0 Å². The van der Waals surface area contributed by atoms with Gasteiger partial charge in [-0.3, -0.25) is 0 Å². The normalized spacial score (nSPS) is 42.4. The topological polar surface area (TPSA) is 32.6 Å². The summed E-state index contributed by atoms with van der Waals surface area (Å²) in [6, 6.07) is 0. The van der Waals surface area contributed by atoms with E-state index in [0.29, 0.717) is 11.3 Å². The third-order valence-corrected chi connectivity index (χ3v) is 4.96. The zero-order valence-corrected chi connectivity index (χ0v) is 8.71. The number of fused-ring (bicyclic) bond motifs is 3. The van der Waals surface area contributed by atoms with Crippen LogP contribution in [0.2, 0.25) is 0 Å². The Labute approximate surface area is 85.4 Å². The van der Waals surface area contributed by atoms with Crippen LogP contribution in [0.1, 0.15) is 51.4 Å². The van der Waals surface area contributed by atoms with Crippen LogP contribution < -0.4 is 0 Å². The Kier molecular flexibility index (Phi) is 1.86. The third kappa shape index (κ3) is 0.945. The molecule has 78 valence electrons. The van der Waals surface area contributed by atoms with Gasteiger partial charge in [-0.2, -0.15) is 0 Å². The lowest BCUT2D eigenvalue weighted by atomic mass is 9.63. The molecule has 0 aromatic carbocycles. The van der Waals surface area contributed by atoms with Gasteiger partial charge in [0.1, 0.15) is 0 Å². The Morgan fingerprint density at radius 2 is 1.93 bits per heavy atom. The number of hydrogen-bond donors (Lipinski definition) is 1. The molecule has 2 atom stereocenters. The van der Waals surface area contributed by atoms with Gasteiger partial charge in [0.25, 0.3) is 0 Å².